The number of pyridine rings is 1. The van der Waals surface area contributed by atoms with Gasteiger partial charge in [-0.05, 0) is 43.0 Å². The molecule has 2 aromatic heterocycles. The average molecular weight is 416 g/mol. The number of carbonyl (C=O) groups excluding carboxylic acids is 1. The van der Waals surface area contributed by atoms with E-state index in [2.05, 4.69) is 71.9 Å². The molecule has 2 aromatic carbocycles. The largest absolute Gasteiger partial charge is 0.336 e. The molecule has 2 unspecified atom stereocenters. The molecule has 1 aliphatic rings. The van der Waals surface area contributed by atoms with E-state index in [1.54, 1.807) is 0 Å². The molecule has 0 aliphatic heterocycles. The molecule has 150 valence electrons. The number of carbonyl (C=O) groups is 1. The molecule has 0 spiro atoms. The van der Waals surface area contributed by atoms with Crippen LogP contribution in [-0.2, 0) is 6.42 Å². The van der Waals surface area contributed by atoms with Crippen molar-refractivity contribution < 1.29 is 9.36 Å². The van der Waals surface area contributed by atoms with Crippen LogP contribution in [0.4, 0.5) is 0 Å². The second-order valence-corrected chi connectivity index (χ2v) is 8.65. The highest BCUT2D eigenvalue weighted by atomic mass is 35.5. The van der Waals surface area contributed by atoms with Gasteiger partial charge in [0.1, 0.15) is 0 Å². The van der Waals surface area contributed by atoms with Gasteiger partial charge < -0.3 is 4.57 Å². The Labute approximate surface area is 181 Å². The maximum Gasteiger partial charge on any atom is 0.185 e. The van der Waals surface area contributed by atoms with Gasteiger partial charge in [-0.2, -0.15) is 4.57 Å². The number of ketones is 1. The second-order valence-electron chi connectivity index (χ2n) is 8.22. The number of nitrogens with zero attached hydrogens (tertiary/aromatic N) is 2. The van der Waals surface area contributed by atoms with Gasteiger partial charge in [0, 0.05) is 35.3 Å². The van der Waals surface area contributed by atoms with Crippen LogP contribution in [0.25, 0.3) is 10.9 Å². The zero-order valence-corrected chi connectivity index (χ0v) is 17.9. The summed E-state index contributed by atoms with van der Waals surface area (Å²) in [7, 11) is 0. The quantitative estimate of drug-likeness (QED) is 0.384. The first-order valence-corrected chi connectivity index (χ1v) is 10.8. The van der Waals surface area contributed by atoms with E-state index in [0.29, 0.717) is 5.02 Å². The predicted octanol–water partition coefficient (Wildman–Crippen LogP) is 5.87. The molecule has 0 saturated heterocycles. The zero-order valence-electron chi connectivity index (χ0n) is 17.2. The van der Waals surface area contributed by atoms with E-state index in [1.807, 2.05) is 24.3 Å². The normalized spacial score (nSPS) is 17.2. The van der Waals surface area contributed by atoms with E-state index in [1.165, 1.54) is 16.5 Å². The van der Waals surface area contributed by atoms with Crippen molar-refractivity contribution in [1.82, 2.24) is 4.57 Å². The van der Waals surface area contributed by atoms with Crippen molar-refractivity contribution in [2.45, 2.75) is 38.8 Å². The first-order chi connectivity index (χ1) is 14.5. The molecule has 0 N–H and O–H groups in total. The van der Waals surface area contributed by atoms with Crippen LogP contribution in [0.3, 0.4) is 0 Å². The summed E-state index contributed by atoms with van der Waals surface area (Å²) in [6, 6.07) is 18.4. The van der Waals surface area contributed by atoms with Gasteiger partial charge in [-0.3, -0.25) is 4.79 Å². The zero-order chi connectivity index (χ0) is 20.8. The van der Waals surface area contributed by atoms with E-state index in [4.69, 9.17) is 11.6 Å². The van der Waals surface area contributed by atoms with E-state index in [-0.39, 0.29) is 17.9 Å². The highest BCUT2D eigenvalue weighted by molar-refractivity contribution is 6.31. The first kappa shape index (κ1) is 19.1. The molecule has 2 heterocycles. The molecule has 0 saturated carbocycles. The van der Waals surface area contributed by atoms with Gasteiger partial charge in [0.2, 0.25) is 0 Å². The Morgan fingerprint density at radius 3 is 2.73 bits per heavy atom. The molecule has 0 radical (unpaired) electrons. The Morgan fingerprint density at radius 2 is 1.93 bits per heavy atom. The van der Waals surface area contributed by atoms with Crippen LogP contribution in [-0.4, -0.2) is 10.4 Å². The van der Waals surface area contributed by atoms with Crippen molar-refractivity contribution in [2.75, 3.05) is 0 Å². The van der Waals surface area contributed by atoms with Crippen molar-refractivity contribution in [3.8, 4) is 0 Å². The first-order valence-electron chi connectivity index (χ1n) is 10.4. The van der Waals surface area contributed by atoms with Gasteiger partial charge in [-0.15, -0.1) is 0 Å². The fourth-order valence-corrected chi connectivity index (χ4v) is 4.82. The molecule has 4 aromatic rings. The number of rotatable bonds is 3. The van der Waals surface area contributed by atoms with E-state index >= 15 is 0 Å². The van der Waals surface area contributed by atoms with Gasteiger partial charge >= 0.3 is 0 Å². The lowest BCUT2D eigenvalue weighted by atomic mass is 9.87. The molecule has 0 amide bonds. The number of fused-ring (bicyclic) bond motifs is 2. The molecular formula is C26H24ClN2O+. The summed E-state index contributed by atoms with van der Waals surface area (Å²) in [5.41, 5.74) is 5.43. The lowest BCUT2D eigenvalue weighted by Gasteiger charge is -2.25. The minimum atomic E-state index is -0.186. The third-order valence-electron chi connectivity index (χ3n) is 6.39. The Kier molecular flexibility index (Phi) is 4.71. The van der Waals surface area contributed by atoms with Crippen molar-refractivity contribution in [3.05, 3.63) is 100 Å². The molecule has 5 rings (SSSR count). The van der Waals surface area contributed by atoms with Crippen LogP contribution in [0.2, 0.25) is 5.02 Å². The van der Waals surface area contributed by atoms with Crippen molar-refractivity contribution in [1.29, 1.82) is 0 Å². The molecule has 2 atom stereocenters. The third kappa shape index (κ3) is 3.14. The highest BCUT2D eigenvalue weighted by Crippen LogP contribution is 2.34. The summed E-state index contributed by atoms with van der Waals surface area (Å²) in [5, 5.41) is 1.80. The molecule has 1 aliphatic carbocycles. The molecular weight excluding hydrogens is 392 g/mol. The lowest BCUT2D eigenvalue weighted by Crippen LogP contribution is -2.37. The number of halogens is 1. The van der Waals surface area contributed by atoms with Crippen LogP contribution in [0.15, 0.2) is 73.2 Å². The van der Waals surface area contributed by atoms with E-state index in [9.17, 15) is 4.79 Å². The fraction of sp³-hybridized carbons (Fsp3) is 0.231. The summed E-state index contributed by atoms with van der Waals surface area (Å²) in [4.78, 5) is 13.3. The van der Waals surface area contributed by atoms with Gasteiger partial charge in [-0.1, -0.05) is 48.0 Å². The molecule has 0 fully saturated rings. The number of hydrogen-bond acceptors (Lipinski definition) is 1. The molecule has 4 heteroatoms. The minimum Gasteiger partial charge on any atom is -0.336 e. The van der Waals surface area contributed by atoms with Crippen molar-refractivity contribution >= 4 is 28.3 Å². The number of Topliss-reactive ketones (excluding diaryl/α,β-unsaturated/α-hetero) is 1. The molecule has 0 bridgehead atoms. The van der Waals surface area contributed by atoms with Gasteiger partial charge in [0.25, 0.3) is 0 Å². The second kappa shape index (κ2) is 7.41. The van der Waals surface area contributed by atoms with E-state index < -0.39 is 0 Å². The Bertz CT molecular complexity index is 1260. The number of aromatic nitrogens is 2. The highest BCUT2D eigenvalue weighted by Gasteiger charge is 2.30. The monoisotopic (exact) mass is 415 g/mol. The summed E-state index contributed by atoms with van der Waals surface area (Å²) in [6.45, 7) is 4.33. The summed E-state index contributed by atoms with van der Waals surface area (Å²) in [6.07, 6.45) is 8.15. The third-order valence-corrected chi connectivity index (χ3v) is 6.62. The predicted molar refractivity (Wildman–Crippen MR) is 120 cm³/mol. The van der Waals surface area contributed by atoms with Gasteiger partial charge in [0.05, 0.1) is 16.9 Å². The number of aryl methyl sites for hydroxylation is 2. The number of hydrogen-bond donors (Lipinski definition) is 0. The summed E-state index contributed by atoms with van der Waals surface area (Å²) in [5.74, 6) is 0.157. The summed E-state index contributed by atoms with van der Waals surface area (Å²) < 4.78 is 4.40. The van der Waals surface area contributed by atoms with Crippen molar-refractivity contribution in [3.63, 3.8) is 0 Å². The SMILES string of the molecule is Cc1cn(C2CCc3ccc(Cl)cc3C2=O)c2cc[n+](C(C)c3ccccc3)cc12. The van der Waals surface area contributed by atoms with Crippen LogP contribution in [0, 0.1) is 6.92 Å². The fourth-order valence-electron chi connectivity index (χ4n) is 4.65. The standard InChI is InChI=1S/C26H24ClN2O/c1-17-15-29(25-11-9-20-8-10-21(27)14-22(20)26(25)30)24-12-13-28(16-23(17)24)18(2)19-6-4-3-5-7-19/h3-8,10,12-16,18,25H,9,11H2,1-2H3/q+1. The summed E-state index contributed by atoms with van der Waals surface area (Å²) >= 11 is 6.17. The molecule has 3 nitrogen and oxygen atoms in total. The Balaban J connectivity index is 1.55. The molecule has 30 heavy (non-hydrogen) atoms. The van der Waals surface area contributed by atoms with Gasteiger partial charge in [0.15, 0.2) is 24.2 Å². The lowest BCUT2D eigenvalue weighted by molar-refractivity contribution is -0.709. The number of benzene rings is 2. The Hall–Kier alpha value is -2.91. The maximum atomic E-state index is 13.3. The van der Waals surface area contributed by atoms with E-state index in [0.717, 1.165) is 29.5 Å². The van der Waals surface area contributed by atoms with Crippen LogP contribution < -0.4 is 4.57 Å². The average Bonchev–Trinajstić information content (AvgIpc) is 3.10. The van der Waals surface area contributed by atoms with Gasteiger partial charge in [-0.25, -0.2) is 0 Å². The topological polar surface area (TPSA) is 25.9 Å². The van der Waals surface area contributed by atoms with Crippen LogP contribution in [0.5, 0.6) is 0 Å². The Morgan fingerprint density at radius 1 is 1.13 bits per heavy atom. The maximum absolute atomic E-state index is 13.3. The smallest absolute Gasteiger partial charge is 0.185 e. The van der Waals surface area contributed by atoms with Crippen LogP contribution >= 0.6 is 11.6 Å². The van der Waals surface area contributed by atoms with Crippen molar-refractivity contribution in [2.24, 2.45) is 0 Å². The minimum absolute atomic E-state index is 0.157. The van der Waals surface area contributed by atoms with Crippen LogP contribution in [0.1, 0.15) is 52.5 Å².